The number of aliphatic hydroxyl groups is 6. The maximum atomic E-state index is 11.0. The fourth-order valence-electron chi connectivity index (χ4n) is 11.2. The number of ether oxygens (including phenoxy) is 4. The summed E-state index contributed by atoms with van der Waals surface area (Å²) in [4.78, 5) is 0. The molecule has 3 unspecified atom stereocenters. The van der Waals surface area contributed by atoms with Gasteiger partial charge in [0, 0.05) is 0 Å². The SMILES string of the molecule is CC[C@H]1[C@@H](O[C@]2(C)OC[C@H](C)CC2O)C[C@H]2[C@@H]3C[C@H](O[C@@H]4OC(CO)[C@@H](O)[C@H](O)C4O)[C@H]4C[C@@H](O)CC[C@]4(C)[C@H]3CC[C@@]21C. The van der Waals surface area contributed by atoms with Gasteiger partial charge in [0.15, 0.2) is 12.1 Å². The number of aliphatic hydroxyl groups excluding tert-OH is 6. The summed E-state index contributed by atoms with van der Waals surface area (Å²) >= 11 is 0. The van der Waals surface area contributed by atoms with E-state index in [0.717, 1.165) is 44.9 Å². The van der Waals surface area contributed by atoms with Crippen molar-refractivity contribution in [3.63, 3.8) is 0 Å². The Balaban J connectivity index is 1.28. The molecule has 6 N–H and O–H groups in total. The van der Waals surface area contributed by atoms with Crippen molar-refractivity contribution in [1.29, 1.82) is 0 Å². The van der Waals surface area contributed by atoms with Gasteiger partial charge in [-0.25, -0.2) is 0 Å². The molecular weight excluding hydrogens is 568 g/mol. The minimum absolute atomic E-state index is 0.0367. The highest BCUT2D eigenvalue weighted by molar-refractivity contribution is 5.13. The van der Waals surface area contributed by atoms with E-state index in [9.17, 15) is 30.6 Å². The molecule has 4 saturated carbocycles. The van der Waals surface area contributed by atoms with Gasteiger partial charge >= 0.3 is 0 Å². The van der Waals surface area contributed by atoms with E-state index in [1.807, 2.05) is 6.92 Å². The van der Waals surface area contributed by atoms with E-state index < -0.39 is 55.3 Å². The number of hydrogen-bond donors (Lipinski definition) is 6. The molecule has 0 aromatic carbocycles. The average Bonchev–Trinajstić information content (AvgIpc) is 3.27. The van der Waals surface area contributed by atoms with Crippen LogP contribution in [0.3, 0.4) is 0 Å². The van der Waals surface area contributed by atoms with Crippen molar-refractivity contribution < 1.29 is 49.6 Å². The van der Waals surface area contributed by atoms with Crippen LogP contribution in [0.5, 0.6) is 0 Å². The minimum atomic E-state index is -1.50. The van der Waals surface area contributed by atoms with Gasteiger partial charge in [-0.1, -0.05) is 34.1 Å². The second-order valence-corrected chi connectivity index (χ2v) is 16.2. The highest BCUT2D eigenvalue weighted by Gasteiger charge is 2.65. The van der Waals surface area contributed by atoms with E-state index in [4.69, 9.17) is 18.9 Å². The molecule has 4 aliphatic carbocycles. The third-order valence-electron chi connectivity index (χ3n) is 13.7. The Hall–Kier alpha value is -0.400. The molecule has 10 heteroatoms. The molecule has 44 heavy (non-hydrogen) atoms. The molecule has 0 spiro atoms. The van der Waals surface area contributed by atoms with Crippen molar-refractivity contribution >= 4 is 0 Å². The molecule has 0 aromatic rings. The molecule has 18 atom stereocenters. The topological polar surface area (TPSA) is 158 Å². The Morgan fingerprint density at radius 3 is 2.20 bits per heavy atom. The summed E-state index contributed by atoms with van der Waals surface area (Å²) in [5.41, 5.74) is -0.0252. The van der Waals surface area contributed by atoms with E-state index in [-0.39, 0.29) is 29.0 Å². The van der Waals surface area contributed by atoms with Crippen LogP contribution < -0.4 is 0 Å². The molecular formula is C34H58O10. The average molecular weight is 627 g/mol. The molecule has 0 radical (unpaired) electrons. The Morgan fingerprint density at radius 2 is 1.52 bits per heavy atom. The van der Waals surface area contributed by atoms with Crippen LogP contribution >= 0.6 is 0 Å². The summed E-state index contributed by atoms with van der Waals surface area (Å²) in [5, 5.41) is 63.3. The first-order valence-electron chi connectivity index (χ1n) is 17.4. The van der Waals surface area contributed by atoms with Crippen molar-refractivity contribution in [1.82, 2.24) is 0 Å². The van der Waals surface area contributed by atoms with E-state index in [0.29, 0.717) is 49.0 Å². The first-order valence-corrected chi connectivity index (χ1v) is 17.4. The van der Waals surface area contributed by atoms with Crippen molar-refractivity contribution in [2.75, 3.05) is 13.2 Å². The van der Waals surface area contributed by atoms with Crippen molar-refractivity contribution in [3.05, 3.63) is 0 Å². The zero-order chi connectivity index (χ0) is 31.8. The lowest BCUT2D eigenvalue weighted by Crippen LogP contribution is -2.62. The van der Waals surface area contributed by atoms with Gasteiger partial charge < -0.3 is 49.6 Å². The van der Waals surface area contributed by atoms with Crippen LogP contribution in [-0.4, -0.2) is 105 Å². The lowest BCUT2D eigenvalue weighted by Gasteiger charge is -2.63. The molecule has 6 aliphatic rings. The molecule has 2 heterocycles. The molecule has 6 fully saturated rings. The lowest BCUT2D eigenvalue weighted by molar-refractivity contribution is -0.327. The largest absolute Gasteiger partial charge is 0.394 e. The molecule has 2 saturated heterocycles. The highest BCUT2D eigenvalue weighted by atomic mass is 16.7. The Bertz CT molecular complexity index is 1010. The number of hydrogen-bond acceptors (Lipinski definition) is 10. The highest BCUT2D eigenvalue weighted by Crippen LogP contribution is 2.68. The van der Waals surface area contributed by atoms with Gasteiger partial charge in [0.1, 0.15) is 30.5 Å². The molecule has 2 aliphatic heterocycles. The van der Waals surface area contributed by atoms with Crippen LogP contribution in [0, 0.1) is 46.3 Å². The molecule has 254 valence electrons. The molecule has 0 aromatic heterocycles. The van der Waals surface area contributed by atoms with Crippen LogP contribution in [0.25, 0.3) is 0 Å². The zero-order valence-electron chi connectivity index (χ0n) is 27.3. The Kier molecular flexibility index (Phi) is 9.32. The standard InChI is InChI=1S/C34H58O10/c1-6-20-25(44-34(5)27(37)11-17(2)16-41-34)14-22-19-13-24(42-31-30(40)29(39)28(38)26(15-35)43-31)23-12-18(36)7-9-33(23,4)21(19)8-10-32(20,22)3/h17-31,35-40H,6-16H2,1-5H3/t17-,18+,19-,20+,21+,22+,23-,24+,25+,26?,27?,28-,29+,30?,31-,32-,33-,34+/m1/s1. The van der Waals surface area contributed by atoms with Gasteiger partial charge in [-0.3, -0.25) is 0 Å². The summed E-state index contributed by atoms with van der Waals surface area (Å²) in [6, 6.07) is 0. The first kappa shape index (κ1) is 33.5. The predicted octanol–water partition coefficient (Wildman–Crippen LogP) is 2.34. The smallest absolute Gasteiger partial charge is 0.191 e. The van der Waals surface area contributed by atoms with Crippen LogP contribution in [0.4, 0.5) is 0 Å². The van der Waals surface area contributed by atoms with Gasteiger partial charge in [0.05, 0.1) is 31.5 Å². The normalized spacial score (nSPS) is 57.8. The van der Waals surface area contributed by atoms with Gasteiger partial charge in [-0.2, -0.15) is 0 Å². The van der Waals surface area contributed by atoms with Crippen LogP contribution in [0.1, 0.15) is 92.4 Å². The summed E-state index contributed by atoms with van der Waals surface area (Å²) in [7, 11) is 0. The van der Waals surface area contributed by atoms with E-state index in [1.165, 1.54) is 0 Å². The van der Waals surface area contributed by atoms with Crippen molar-refractivity contribution in [2.24, 2.45) is 46.3 Å². The lowest BCUT2D eigenvalue weighted by atomic mass is 9.44. The maximum absolute atomic E-state index is 11.0. The van der Waals surface area contributed by atoms with Gasteiger partial charge in [-0.15, -0.1) is 0 Å². The molecule has 0 amide bonds. The Morgan fingerprint density at radius 1 is 0.795 bits per heavy atom. The Labute approximate surface area is 262 Å². The summed E-state index contributed by atoms with van der Waals surface area (Å²) in [5.74, 6) is 0.787. The van der Waals surface area contributed by atoms with Crippen LogP contribution in [0.2, 0.25) is 0 Å². The third-order valence-corrected chi connectivity index (χ3v) is 13.7. The van der Waals surface area contributed by atoms with Gasteiger partial charge in [0.2, 0.25) is 0 Å². The third kappa shape index (κ3) is 5.41. The molecule has 6 rings (SSSR count). The summed E-state index contributed by atoms with van der Waals surface area (Å²) in [6.45, 7) is 11.1. The summed E-state index contributed by atoms with van der Waals surface area (Å²) in [6.07, 6.45) is -0.352. The molecule has 0 bridgehead atoms. The van der Waals surface area contributed by atoms with Gasteiger partial charge in [-0.05, 0) is 105 Å². The second-order valence-electron chi connectivity index (χ2n) is 16.2. The second kappa shape index (κ2) is 12.2. The fourth-order valence-corrected chi connectivity index (χ4v) is 11.2. The van der Waals surface area contributed by atoms with E-state index >= 15 is 0 Å². The maximum Gasteiger partial charge on any atom is 0.191 e. The zero-order valence-corrected chi connectivity index (χ0v) is 27.3. The van der Waals surface area contributed by atoms with E-state index in [1.54, 1.807) is 0 Å². The van der Waals surface area contributed by atoms with E-state index in [2.05, 4.69) is 27.7 Å². The van der Waals surface area contributed by atoms with Crippen molar-refractivity contribution in [2.45, 2.75) is 153 Å². The van der Waals surface area contributed by atoms with Crippen molar-refractivity contribution in [3.8, 4) is 0 Å². The fraction of sp³-hybridized carbons (Fsp3) is 1.00. The van der Waals surface area contributed by atoms with Crippen LogP contribution in [-0.2, 0) is 18.9 Å². The summed E-state index contributed by atoms with van der Waals surface area (Å²) < 4.78 is 25.4. The van der Waals surface area contributed by atoms with Gasteiger partial charge in [0.25, 0.3) is 0 Å². The minimum Gasteiger partial charge on any atom is -0.394 e. The number of fused-ring (bicyclic) bond motifs is 5. The number of rotatable bonds is 6. The monoisotopic (exact) mass is 626 g/mol. The quantitative estimate of drug-likeness (QED) is 0.242. The first-order chi connectivity index (χ1) is 20.8. The predicted molar refractivity (Wildman–Crippen MR) is 160 cm³/mol. The van der Waals surface area contributed by atoms with Crippen LogP contribution in [0.15, 0.2) is 0 Å². The molecule has 10 nitrogen and oxygen atoms in total.